The molecular formula is C25H41IN6O2. The van der Waals surface area contributed by atoms with Gasteiger partial charge in [-0.15, -0.1) is 0 Å². The molecule has 34 heavy (non-hydrogen) atoms. The number of amides is 1. The molecule has 2 unspecified atom stereocenters. The van der Waals surface area contributed by atoms with Crippen molar-refractivity contribution < 1.29 is 9.53 Å². The molecule has 190 valence electrons. The maximum absolute atomic E-state index is 11.7. The average Bonchev–Trinajstić information content (AvgIpc) is 3.09. The molecule has 3 saturated heterocycles. The van der Waals surface area contributed by atoms with Gasteiger partial charge in [0.2, 0.25) is 11.9 Å². The molecule has 1 aromatic rings. The molecule has 9 heteroatoms. The van der Waals surface area contributed by atoms with Crippen LogP contribution in [-0.2, 0) is 9.53 Å². The highest BCUT2D eigenvalue weighted by atomic mass is 127. The predicted octanol–water partition coefficient (Wildman–Crippen LogP) is 3.02. The summed E-state index contributed by atoms with van der Waals surface area (Å²) in [6, 6.07) is 1.11. The molecule has 0 saturated carbocycles. The average molecular weight is 585 g/mol. The second-order valence-electron chi connectivity index (χ2n) is 10.3. The minimum atomic E-state index is -0.0229. The second kappa shape index (κ2) is 12.3. The van der Waals surface area contributed by atoms with Crippen molar-refractivity contribution in [3.05, 3.63) is 18.0 Å². The Kier molecular flexibility index (Phi) is 9.40. The molecule has 0 spiro atoms. The molecule has 4 rings (SSSR count). The lowest BCUT2D eigenvalue weighted by molar-refractivity contribution is -0.127. The van der Waals surface area contributed by atoms with Gasteiger partial charge in [-0.2, -0.15) is 0 Å². The van der Waals surface area contributed by atoms with Crippen LogP contribution in [0.1, 0.15) is 64.4 Å². The number of carbonyl (C=O) groups is 1. The van der Waals surface area contributed by atoms with E-state index in [1.807, 2.05) is 13.8 Å². The fourth-order valence-electron chi connectivity index (χ4n) is 5.54. The lowest BCUT2D eigenvalue weighted by atomic mass is 9.91. The Bertz CT molecular complexity index is 770. The number of hydrogen-bond acceptors (Lipinski definition) is 7. The number of likely N-dealkylation sites (tertiary alicyclic amines) is 2. The topological polar surface area (TPSA) is 73.8 Å². The monoisotopic (exact) mass is 584 g/mol. The number of rotatable bonds is 10. The minimum absolute atomic E-state index is 0.0229. The van der Waals surface area contributed by atoms with Gasteiger partial charge in [0, 0.05) is 44.1 Å². The highest BCUT2D eigenvalue weighted by molar-refractivity contribution is 14.1. The fraction of sp³-hybridized carbons (Fsp3) is 0.800. The van der Waals surface area contributed by atoms with E-state index >= 15 is 0 Å². The molecule has 1 amide bonds. The number of alkyl halides is 1. The number of hydrogen-bond donors (Lipinski definition) is 1. The SMILES string of the molecule is CC(C)OCC(=O)NCCCN1CCC(c2cnc(N3C4CCC3CN([C@H](C)I)C4)nc2)CC1. The second-order valence-corrected chi connectivity index (χ2v) is 12.1. The molecule has 0 aromatic carbocycles. The third kappa shape index (κ3) is 6.79. The van der Waals surface area contributed by atoms with Crippen LogP contribution >= 0.6 is 22.6 Å². The molecule has 1 N–H and O–H groups in total. The van der Waals surface area contributed by atoms with Crippen LogP contribution in [0.5, 0.6) is 0 Å². The van der Waals surface area contributed by atoms with E-state index in [2.05, 4.69) is 61.9 Å². The van der Waals surface area contributed by atoms with Crippen molar-refractivity contribution in [2.24, 2.45) is 0 Å². The molecule has 1 aromatic heterocycles. The van der Waals surface area contributed by atoms with Crippen LogP contribution in [-0.4, -0.2) is 93.8 Å². The van der Waals surface area contributed by atoms with E-state index in [-0.39, 0.29) is 18.6 Å². The first kappa shape index (κ1) is 26.0. The highest BCUT2D eigenvalue weighted by Crippen LogP contribution is 2.35. The first-order valence-electron chi connectivity index (χ1n) is 13.0. The van der Waals surface area contributed by atoms with Crippen molar-refractivity contribution in [3.63, 3.8) is 0 Å². The van der Waals surface area contributed by atoms with E-state index in [4.69, 9.17) is 14.7 Å². The van der Waals surface area contributed by atoms with Crippen LogP contribution in [0, 0.1) is 0 Å². The van der Waals surface area contributed by atoms with Gasteiger partial charge in [-0.25, -0.2) is 9.97 Å². The largest absolute Gasteiger partial charge is 0.369 e. The van der Waals surface area contributed by atoms with Crippen molar-refractivity contribution in [2.75, 3.05) is 50.8 Å². The van der Waals surface area contributed by atoms with Gasteiger partial charge in [0.1, 0.15) is 6.61 Å². The van der Waals surface area contributed by atoms with Crippen LogP contribution in [0.25, 0.3) is 0 Å². The van der Waals surface area contributed by atoms with E-state index in [1.165, 1.54) is 18.4 Å². The van der Waals surface area contributed by atoms with E-state index in [0.717, 1.165) is 57.9 Å². The Morgan fingerprint density at radius 1 is 1.12 bits per heavy atom. The van der Waals surface area contributed by atoms with Gasteiger partial charge >= 0.3 is 0 Å². The summed E-state index contributed by atoms with van der Waals surface area (Å²) in [5.74, 6) is 1.45. The number of piperidine rings is 1. The van der Waals surface area contributed by atoms with Gasteiger partial charge < -0.3 is 19.9 Å². The number of fused-ring (bicyclic) bond motifs is 2. The van der Waals surface area contributed by atoms with E-state index in [9.17, 15) is 4.79 Å². The van der Waals surface area contributed by atoms with Gasteiger partial charge in [-0.05, 0) is 84.0 Å². The number of nitrogens with zero attached hydrogens (tertiary/aromatic N) is 5. The van der Waals surface area contributed by atoms with Gasteiger partial charge in [0.15, 0.2) is 0 Å². The van der Waals surface area contributed by atoms with E-state index in [1.54, 1.807) is 0 Å². The maximum Gasteiger partial charge on any atom is 0.246 e. The lowest BCUT2D eigenvalue weighted by Gasteiger charge is -2.42. The molecular weight excluding hydrogens is 543 g/mol. The number of nitrogens with one attached hydrogen (secondary N) is 1. The maximum atomic E-state index is 11.7. The fourth-order valence-corrected chi connectivity index (χ4v) is 6.00. The summed E-state index contributed by atoms with van der Waals surface area (Å²) in [6.07, 6.45) is 10.0. The summed E-state index contributed by atoms with van der Waals surface area (Å²) < 4.78 is 5.92. The third-order valence-electron chi connectivity index (χ3n) is 7.48. The van der Waals surface area contributed by atoms with Crippen LogP contribution in [0.2, 0.25) is 0 Å². The first-order chi connectivity index (χ1) is 16.4. The molecule has 8 nitrogen and oxygen atoms in total. The molecule has 3 fully saturated rings. The smallest absolute Gasteiger partial charge is 0.246 e. The summed E-state index contributed by atoms with van der Waals surface area (Å²) in [6.45, 7) is 12.5. The summed E-state index contributed by atoms with van der Waals surface area (Å²) in [7, 11) is 0. The highest BCUT2D eigenvalue weighted by Gasteiger charge is 2.42. The van der Waals surface area contributed by atoms with E-state index < -0.39 is 0 Å². The number of piperazine rings is 1. The zero-order valence-corrected chi connectivity index (χ0v) is 23.1. The van der Waals surface area contributed by atoms with Crippen LogP contribution in [0.4, 0.5) is 5.95 Å². The van der Waals surface area contributed by atoms with Crippen LogP contribution in [0.15, 0.2) is 12.4 Å². The molecule has 4 heterocycles. The Labute approximate surface area is 218 Å². The zero-order chi connectivity index (χ0) is 24.1. The molecule has 3 aliphatic rings. The van der Waals surface area contributed by atoms with Crippen LogP contribution in [0.3, 0.4) is 0 Å². The summed E-state index contributed by atoms with van der Waals surface area (Å²) >= 11 is 2.53. The number of anilines is 1. The minimum Gasteiger partial charge on any atom is -0.369 e. The predicted molar refractivity (Wildman–Crippen MR) is 144 cm³/mol. The Morgan fingerprint density at radius 3 is 2.35 bits per heavy atom. The Balaban J connectivity index is 1.18. The van der Waals surface area contributed by atoms with Crippen molar-refractivity contribution in [3.8, 4) is 0 Å². The number of aromatic nitrogens is 2. The Morgan fingerprint density at radius 2 is 1.76 bits per heavy atom. The van der Waals surface area contributed by atoms with E-state index in [0.29, 0.717) is 28.6 Å². The molecule has 2 bridgehead atoms. The molecule has 0 radical (unpaired) electrons. The van der Waals surface area contributed by atoms with Gasteiger partial charge in [-0.1, -0.05) is 22.6 Å². The van der Waals surface area contributed by atoms with Crippen molar-refractivity contribution in [1.29, 1.82) is 0 Å². The molecule has 3 atom stereocenters. The molecule has 3 aliphatic heterocycles. The summed E-state index contributed by atoms with van der Waals surface area (Å²) in [5, 5.41) is 2.95. The van der Waals surface area contributed by atoms with Gasteiger partial charge in [0.05, 0.1) is 10.2 Å². The first-order valence-corrected chi connectivity index (χ1v) is 14.2. The standard InChI is InChI=1S/C25H41IN6O2/c1-18(2)34-17-24(33)27-9-4-10-30-11-7-20(8-12-30)21-13-28-25(29-14-21)32-22-5-6-23(32)16-31(15-22)19(3)26/h13-14,18-20,22-23H,4-12,15-17H2,1-3H3,(H,27,33)/t19-,22?,23?/m1/s1. The van der Waals surface area contributed by atoms with Gasteiger partial charge in [-0.3, -0.25) is 9.69 Å². The number of ether oxygens (including phenoxy) is 1. The van der Waals surface area contributed by atoms with Crippen molar-refractivity contribution in [2.45, 2.75) is 81.0 Å². The third-order valence-corrected chi connectivity index (χ3v) is 8.27. The zero-order valence-electron chi connectivity index (χ0n) is 21.0. The Hall–Kier alpha value is -1.04. The molecule has 0 aliphatic carbocycles. The van der Waals surface area contributed by atoms with Crippen molar-refractivity contribution >= 4 is 34.4 Å². The number of carbonyl (C=O) groups excluding carboxylic acids is 1. The lowest BCUT2D eigenvalue weighted by Crippen LogP contribution is -2.55. The van der Waals surface area contributed by atoms with Crippen molar-refractivity contribution in [1.82, 2.24) is 25.1 Å². The number of halogens is 1. The normalized spacial score (nSPS) is 25.1. The van der Waals surface area contributed by atoms with Gasteiger partial charge in [0.25, 0.3) is 0 Å². The summed E-state index contributed by atoms with van der Waals surface area (Å²) in [5.41, 5.74) is 1.28. The summed E-state index contributed by atoms with van der Waals surface area (Å²) in [4.78, 5) is 29.0. The quantitative estimate of drug-likeness (QED) is 0.196. The van der Waals surface area contributed by atoms with Crippen LogP contribution < -0.4 is 10.2 Å².